The second-order valence-corrected chi connectivity index (χ2v) is 7.94. The van der Waals surface area contributed by atoms with Crippen molar-refractivity contribution in [2.24, 2.45) is 0 Å². The predicted octanol–water partition coefficient (Wildman–Crippen LogP) is 1.28. The maximum absolute atomic E-state index is 11.8. The molecule has 7 heteroatoms. The second-order valence-electron chi connectivity index (χ2n) is 6.01. The summed E-state index contributed by atoms with van der Waals surface area (Å²) in [5, 5.41) is 12.5. The first-order valence-corrected chi connectivity index (χ1v) is 9.47. The van der Waals surface area contributed by atoms with Gasteiger partial charge >= 0.3 is 0 Å². The third-order valence-electron chi connectivity index (χ3n) is 4.43. The summed E-state index contributed by atoms with van der Waals surface area (Å²) < 4.78 is 25.1. The van der Waals surface area contributed by atoms with Crippen molar-refractivity contribution in [1.82, 2.24) is 9.29 Å². The van der Waals surface area contributed by atoms with Crippen LogP contribution in [-0.2, 0) is 22.9 Å². The molecule has 3 rings (SSSR count). The van der Waals surface area contributed by atoms with E-state index >= 15 is 0 Å². The summed E-state index contributed by atoms with van der Waals surface area (Å²) in [4.78, 5) is 4.57. The molecule has 6 nitrogen and oxygen atoms in total. The lowest BCUT2D eigenvalue weighted by molar-refractivity contribution is 0.402. The molecule has 0 saturated carbocycles. The highest BCUT2D eigenvalue weighted by Gasteiger charge is 2.31. The van der Waals surface area contributed by atoms with Gasteiger partial charge in [0.15, 0.2) is 0 Å². The molecule has 1 aliphatic carbocycles. The Morgan fingerprint density at radius 3 is 3.00 bits per heavy atom. The lowest BCUT2D eigenvalue weighted by Gasteiger charge is -2.23. The van der Waals surface area contributed by atoms with Gasteiger partial charge in [0.25, 0.3) is 0 Å². The molecule has 0 spiro atoms. The molecular weight excluding hydrogens is 300 g/mol. The maximum Gasteiger partial charge on any atom is 0.211 e. The van der Waals surface area contributed by atoms with Crippen LogP contribution in [0.25, 0.3) is 0 Å². The summed E-state index contributed by atoms with van der Waals surface area (Å²) >= 11 is 0. The summed E-state index contributed by atoms with van der Waals surface area (Å²) in [6, 6.07) is 4.04. The number of anilines is 1. The smallest absolute Gasteiger partial charge is 0.211 e. The van der Waals surface area contributed by atoms with Crippen LogP contribution in [0.4, 0.5) is 5.82 Å². The fraction of sp³-hybridized carbons (Fsp3) is 0.600. The van der Waals surface area contributed by atoms with Crippen molar-refractivity contribution in [3.8, 4) is 6.07 Å². The summed E-state index contributed by atoms with van der Waals surface area (Å²) in [6.07, 6.45) is 5.99. The zero-order valence-corrected chi connectivity index (χ0v) is 13.5. The molecule has 1 N–H and O–H groups in total. The highest BCUT2D eigenvalue weighted by molar-refractivity contribution is 7.88. The van der Waals surface area contributed by atoms with Gasteiger partial charge in [-0.1, -0.05) is 0 Å². The molecule has 0 amide bonds. The SMILES string of the molecule is CS(=O)(=O)N1CCC[C@@H]1CNc1nc2c(cc1C#N)CCC2. The van der Waals surface area contributed by atoms with E-state index in [1.54, 1.807) is 4.31 Å². The van der Waals surface area contributed by atoms with Crippen LogP contribution in [-0.4, -0.2) is 43.1 Å². The monoisotopic (exact) mass is 320 g/mol. The molecule has 2 heterocycles. The van der Waals surface area contributed by atoms with Crippen LogP contribution in [0.5, 0.6) is 0 Å². The van der Waals surface area contributed by atoms with E-state index in [4.69, 9.17) is 0 Å². The maximum atomic E-state index is 11.8. The number of nitriles is 1. The van der Waals surface area contributed by atoms with Gasteiger partial charge in [0.2, 0.25) is 10.0 Å². The number of nitrogens with one attached hydrogen (secondary N) is 1. The number of fused-ring (bicyclic) bond motifs is 1. The number of aromatic nitrogens is 1. The lowest BCUT2D eigenvalue weighted by Crippen LogP contribution is -2.39. The van der Waals surface area contributed by atoms with E-state index in [0.29, 0.717) is 24.5 Å². The van der Waals surface area contributed by atoms with Crippen molar-refractivity contribution in [2.75, 3.05) is 24.7 Å². The van der Waals surface area contributed by atoms with E-state index in [1.165, 1.54) is 11.8 Å². The van der Waals surface area contributed by atoms with E-state index < -0.39 is 10.0 Å². The standard InChI is InChI=1S/C15H20N4O2S/c1-22(20,21)19-7-3-5-13(19)10-17-15-12(9-16)8-11-4-2-6-14(11)18-15/h8,13H,2-7,10H2,1H3,(H,17,18)/t13-/m1/s1. The molecule has 118 valence electrons. The van der Waals surface area contributed by atoms with Crippen molar-refractivity contribution < 1.29 is 8.42 Å². The normalized spacial score (nSPS) is 21.5. The third kappa shape index (κ3) is 2.94. The van der Waals surface area contributed by atoms with E-state index in [1.807, 2.05) is 6.07 Å². The van der Waals surface area contributed by atoms with Gasteiger partial charge in [-0.3, -0.25) is 0 Å². The van der Waals surface area contributed by atoms with Gasteiger partial charge in [-0.25, -0.2) is 13.4 Å². The molecule has 0 unspecified atom stereocenters. The van der Waals surface area contributed by atoms with Crippen molar-refractivity contribution in [3.05, 3.63) is 22.9 Å². The van der Waals surface area contributed by atoms with Crippen molar-refractivity contribution >= 4 is 15.8 Å². The molecular formula is C15H20N4O2S. The third-order valence-corrected chi connectivity index (χ3v) is 5.76. The van der Waals surface area contributed by atoms with Gasteiger partial charge < -0.3 is 5.32 Å². The average Bonchev–Trinajstić information content (AvgIpc) is 3.11. The summed E-state index contributed by atoms with van der Waals surface area (Å²) in [5.74, 6) is 0.587. The van der Waals surface area contributed by atoms with Gasteiger partial charge in [0.05, 0.1) is 11.8 Å². The molecule has 1 aliphatic heterocycles. The summed E-state index contributed by atoms with van der Waals surface area (Å²) in [6.45, 7) is 1.07. The first-order chi connectivity index (χ1) is 10.5. The number of nitrogens with zero attached hydrogens (tertiary/aromatic N) is 3. The predicted molar refractivity (Wildman–Crippen MR) is 84.0 cm³/mol. The molecule has 0 aromatic carbocycles. The number of pyridine rings is 1. The Kier molecular flexibility index (Phi) is 4.06. The van der Waals surface area contributed by atoms with E-state index in [0.717, 1.165) is 37.8 Å². The first kappa shape index (κ1) is 15.3. The number of hydrogen-bond donors (Lipinski definition) is 1. The molecule has 1 aromatic rings. The molecule has 1 aromatic heterocycles. The van der Waals surface area contributed by atoms with Crippen LogP contribution >= 0.6 is 0 Å². The Morgan fingerprint density at radius 1 is 1.45 bits per heavy atom. The minimum Gasteiger partial charge on any atom is -0.367 e. The Hall–Kier alpha value is -1.65. The topological polar surface area (TPSA) is 86.1 Å². The van der Waals surface area contributed by atoms with Crippen LogP contribution in [0.3, 0.4) is 0 Å². The van der Waals surface area contributed by atoms with Crippen LogP contribution < -0.4 is 5.32 Å². The van der Waals surface area contributed by atoms with Gasteiger partial charge in [-0.15, -0.1) is 0 Å². The van der Waals surface area contributed by atoms with Crippen LogP contribution in [0.2, 0.25) is 0 Å². The van der Waals surface area contributed by atoms with Crippen LogP contribution in [0.15, 0.2) is 6.07 Å². The zero-order valence-electron chi connectivity index (χ0n) is 12.7. The number of hydrogen-bond acceptors (Lipinski definition) is 5. The molecule has 22 heavy (non-hydrogen) atoms. The molecule has 1 atom stereocenters. The summed E-state index contributed by atoms with van der Waals surface area (Å²) in [7, 11) is -3.17. The number of rotatable bonds is 4. The average molecular weight is 320 g/mol. The summed E-state index contributed by atoms with van der Waals surface area (Å²) in [5.41, 5.74) is 2.78. The van der Waals surface area contributed by atoms with Gasteiger partial charge in [-0.05, 0) is 43.7 Å². The largest absolute Gasteiger partial charge is 0.367 e. The minimum absolute atomic E-state index is 0.0587. The molecule has 0 radical (unpaired) electrons. The fourth-order valence-electron chi connectivity index (χ4n) is 3.36. The second kappa shape index (κ2) is 5.86. The van der Waals surface area contributed by atoms with Gasteiger partial charge in [0.1, 0.15) is 11.9 Å². The highest BCUT2D eigenvalue weighted by atomic mass is 32.2. The van der Waals surface area contributed by atoms with Crippen LogP contribution in [0, 0.1) is 11.3 Å². The Morgan fingerprint density at radius 2 is 2.27 bits per heavy atom. The van der Waals surface area contributed by atoms with Gasteiger partial charge in [0, 0.05) is 24.8 Å². The quantitative estimate of drug-likeness (QED) is 0.903. The Bertz CT molecular complexity index is 724. The fourth-order valence-corrected chi connectivity index (χ4v) is 4.54. The van der Waals surface area contributed by atoms with Crippen molar-refractivity contribution in [2.45, 2.75) is 38.1 Å². The highest BCUT2D eigenvalue weighted by Crippen LogP contribution is 2.26. The van der Waals surface area contributed by atoms with E-state index in [2.05, 4.69) is 16.4 Å². The zero-order chi connectivity index (χ0) is 15.7. The Labute approximate surface area is 131 Å². The Balaban J connectivity index is 1.76. The minimum atomic E-state index is -3.17. The molecule has 0 bridgehead atoms. The van der Waals surface area contributed by atoms with Crippen LogP contribution in [0.1, 0.15) is 36.1 Å². The lowest BCUT2D eigenvalue weighted by atomic mass is 10.1. The number of aryl methyl sites for hydroxylation is 2. The number of sulfonamides is 1. The molecule has 1 saturated heterocycles. The first-order valence-electron chi connectivity index (χ1n) is 7.62. The molecule has 1 fully saturated rings. The van der Waals surface area contributed by atoms with Gasteiger partial charge in [-0.2, -0.15) is 9.57 Å². The van der Waals surface area contributed by atoms with E-state index in [-0.39, 0.29) is 6.04 Å². The van der Waals surface area contributed by atoms with Crippen molar-refractivity contribution in [1.29, 1.82) is 5.26 Å². The van der Waals surface area contributed by atoms with Crippen molar-refractivity contribution in [3.63, 3.8) is 0 Å². The molecule has 2 aliphatic rings. The van der Waals surface area contributed by atoms with E-state index in [9.17, 15) is 13.7 Å².